The van der Waals surface area contributed by atoms with Gasteiger partial charge in [0.15, 0.2) is 11.5 Å². The van der Waals surface area contributed by atoms with Crippen molar-refractivity contribution in [2.45, 2.75) is 19.9 Å². The third kappa shape index (κ3) is 3.60. The molecule has 0 bridgehead atoms. The number of aryl methyl sites for hydroxylation is 1. The molecule has 2 aliphatic rings. The predicted octanol–water partition coefficient (Wildman–Crippen LogP) is 1.18. The lowest BCUT2D eigenvalue weighted by Crippen LogP contribution is -2.47. The Labute approximate surface area is 148 Å². The molecule has 25 heavy (non-hydrogen) atoms. The van der Waals surface area contributed by atoms with Crippen LogP contribution >= 0.6 is 0 Å². The first-order chi connectivity index (χ1) is 12.0. The van der Waals surface area contributed by atoms with Crippen molar-refractivity contribution in [3.63, 3.8) is 0 Å². The van der Waals surface area contributed by atoms with Crippen LogP contribution in [-0.4, -0.2) is 65.9 Å². The summed E-state index contributed by atoms with van der Waals surface area (Å²) in [6.45, 7) is 8.37. The molecule has 0 aliphatic carbocycles. The highest BCUT2D eigenvalue weighted by Gasteiger charge is 2.42. The molecule has 6 heteroatoms. The van der Waals surface area contributed by atoms with E-state index >= 15 is 0 Å². The number of benzene rings is 1. The summed E-state index contributed by atoms with van der Waals surface area (Å²) in [5.41, 5.74) is 2.17. The van der Waals surface area contributed by atoms with Gasteiger partial charge in [0.25, 0.3) is 5.91 Å². The van der Waals surface area contributed by atoms with Gasteiger partial charge in [-0.1, -0.05) is 29.8 Å². The number of nitrogens with one attached hydrogen (secondary N) is 1. The van der Waals surface area contributed by atoms with Gasteiger partial charge >= 0.3 is 0 Å². The number of carbonyl (C=O) groups is 2. The number of amides is 1. The zero-order valence-electron chi connectivity index (χ0n) is 14.8. The van der Waals surface area contributed by atoms with E-state index < -0.39 is 17.7 Å². The van der Waals surface area contributed by atoms with Crippen molar-refractivity contribution in [2.24, 2.45) is 0 Å². The van der Waals surface area contributed by atoms with Crippen molar-refractivity contribution in [1.82, 2.24) is 15.1 Å². The molecule has 0 radical (unpaired) electrons. The summed E-state index contributed by atoms with van der Waals surface area (Å²) >= 11 is 0. The van der Waals surface area contributed by atoms with Crippen LogP contribution in [0.15, 0.2) is 35.6 Å². The zero-order valence-corrected chi connectivity index (χ0v) is 14.8. The molecule has 2 aliphatic heterocycles. The quantitative estimate of drug-likeness (QED) is 0.840. The second-order valence-corrected chi connectivity index (χ2v) is 6.72. The molecule has 1 fully saturated rings. The maximum Gasteiger partial charge on any atom is 0.290 e. The number of aliphatic hydroxyl groups is 1. The average Bonchev–Trinajstić information content (AvgIpc) is 2.86. The smallest absolute Gasteiger partial charge is 0.290 e. The van der Waals surface area contributed by atoms with Crippen LogP contribution in [0.5, 0.6) is 0 Å². The summed E-state index contributed by atoms with van der Waals surface area (Å²) in [6, 6.07) is 7.26. The van der Waals surface area contributed by atoms with Crippen molar-refractivity contribution in [3.8, 4) is 0 Å². The molecule has 3 rings (SSSR count). The number of hydrogen-bond acceptors (Lipinski definition) is 5. The summed E-state index contributed by atoms with van der Waals surface area (Å²) in [5.74, 6) is -1.12. The maximum absolute atomic E-state index is 12.6. The van der Waals surface area contributed by atoms with Gasteiger partial charge in [0.1, 0.15) is 0 Å². The number of ketones is 1. The van der Waals surface area contributed by atoms with Crippen LogP contribution in [0.1, 0.15) is 24.1 Å². The molecule has 0 unspecified atom stereocenters. The lowest BCUT2D eigenvalue weighted by molar-refractivity contribution is -0.129. The van der Waals surface area contributed by atoms with Crippen LogP contribution in [0.2, 0.25) is 0 Å². The Bertz CT molecular complexity index is 690. The lowest BCUT2D eigenvalue weighted by Gasteiger charge is -2.32. The standard InChI is InChI=1S/C19H25N3O3/c1-13-3-5-15(6-4-13)17-16(14(2)23)18(24)19(25)22(17)12-11-21-9-7-20-8-10-21/h3-6,17,20,24H,7-12H2,1-2H3/t17-/m0/s1. The third-order valence-corrected chi connectivity index (χ3v) is 4.94. The van der Waals surface area contributed by atoms with Gasteiger partial charge < -0.3 is 15.3 Å². The highest BCUT2D eigenvalue weighted by atomic mass is 16.3. The van der Waals surface area contributed by atoms with Crippen molar-refractivity contribution in [1.29, 1.82) is 0 Å². The Morgan fingerprint density at radius 3 is 2.44 bits per heavy atom. The fourth-order valence-electron chi connectivity index (χ4n) is 3.52. The maximum atomic E-state index is 12.6. The van der Waals surface area contributed by atoms with E-state index in [4.69, 9.17) is 0 Å². The van der Waals surface area contributed by atoms with E-state index in [1.807, 2.05) is 31.2 Å². The molecule has 0 saturated carbocycles. The number of Topliss-reactive ketones (excluding diaryl/α,β-unsaturated/α-hetero) is 1. The van der Waals surface area contributed by atoms with E-state index in [0.29, 0.717) is 6.54 Å². The minimum Gasteiger partial charge on any atom is -0.503 e. The van der Waals surface area contributed by atoms with Crippen LogP contribution in [0.25, 0.3) is 0 Å². The van der Waals surface area contributed by atoms with Crippen molar-refractivity contribution in [2.75, 3.05) is 39.3 Å². The molecule has 0 spiro atoms. The molecule has 1 saturated heterocycles. The molecule has 1 amide bonds. The van der Waals surface area contributed by atoms with E-state index in [1.165, 1.54) is 6.92 Å². The van der Waals surface area contributed by atoms with E-state index in [1.54, 1.807) is 4.90 Å². The van der Waals surface area contributed by atoms with Crippen molar-refractivity contribution < 1.29 is 14.7 Å². The van der Waals surface area contributed by atoms with Gasteiger partial charge in [-0.15, -0.1) is 0 Å². The summed E-state index contributed by atoms with van der Waals surface area (Å²) in [7, 11) is 0. The Morgan fingerprint density at radius 1 is 1.20 bits per heavy atom. The largest absolute Gasteiger partial charge is 0.503 e. The first-order valence-corrected chi connectivity index (χ1v) is 8.73. The molecule has 134 valence electrons. The van der Waals surface area contributed by atoms with E-state index in [-0.39, 0.29) is 11.4 Å². The average molecular weight is 343 g/mol. The minimum atomic E-state index is -0.506. The van der Waals surface area contributed by atoms with Crippen LogP contribution in [0.4, 0.5) is 0 Å². The third-order valence-electron chi connectivity index (χ3n) is 4.94. The van der Waals surface area contributed by atoms with Gasteiger partial charge in [0, 0.05) is 39.3 Å². The van der Waals surface area contributed by atoms with Gasteiger partial charge in [-0.05, 0) is 19.4 Å². The second-order valence-electron chi connectivity index (χ2n) is 6.72. The predicted molar refractivity (Wildman–Crippen MR) is 95.3 cm³/mol. The first kappa shape index (κ1) is 17.6. The van der Waals surface area contributed by atoms with Crippen LogP contribution in [0, 0.1) is 6.92 Å². The topological polar surface area (TPSA) is 72.9 Å². The molecule has 1 aromatic carbocycles. The van der Waals surface area contributed by atoms with Crippen molar-refractivity contribution >= 4 is 11.7 Å². The number of hydrogen-bond donors (Lipinski definition) is 2. The molecule has 0 aromatic heterocycles. The van der Waals surface area contributed by atoms with E-state index in [2.05, 4.69) is 10.2 Å². The fraction of sp³-hybridized carbons (Fsp3) is 0.474. The summed E-state index contributed by atoms with van der Waals surface area (Å²) < 4.78 is 0. The normalized spacial score (nSPS) is 21.9. The summed E-state index contributed by atoms with van der Waals surface area (Å²) in [5, 5.41) is 13.6. The summed E-state index contributed by atoms with van der Waals surface area (Å²) in [4.78, 5) is 28.6. The second kappa shape index (κ2) is 7.37. The van der Waals surface area contributed by atoms with E-state index in [0.717, 1.165) is 43.9 Å². The molecule has 2 N–H and O–H groups in total. The van der Waals surface area contributed by atoms with Crippen LogP contribution in [-0.2, 0) is 9.59 Å². The molecule has 2 heterocycles. The van der Waals surface area contributed by atoms with Crippen LogP contribution < -0.4 is 5.32 Å². The Balaban J connectivity index is 1.85. The molecular formula is C19H25N3O3. The Morgan fingerprint density at radius 2 is 1.84 bits per heavy atom. The van der Waals surface area contributed by atoms with Crippen molar-refractivity contribution in [3.05, 3.63) is 46.7 Å². The SMILES string of the molecule is CC(=O)C1=C(O)C(=O)N(CCN2CCNCC2)[C@H]1c1ccc(C)cc1. The number of nitrogens with zero attached hydrogens (tertiary/aromatic N) is 2. The molecule has 1 aromatic rings. The fourth-order valence-corrected chi connectivity index (χ4v) is 3.52. The lowest BCUT2D eigenvalue weighted by atomic mass is 9.96. The highest BCUT2D eigenvalue weighted by molar-refractivity contribution is 6.08. The zero-order chi connectivity index (χ0) is 18.0. The number of rotatable bonds is 5. The number of piperazine rings is 1. The highest BCUT2D eigenvalue weighted by Crippen LogP contribution is 2.37. The number of carbonyl (C=O) groups excluding carboxylic acids is 2. The van der Waals surface area contributed by atoms with Gasteiger partial charge in [-0.25, -0.2) is 0 Å². The summed E-state index contributed by atoms with van der Waals surface area (Å²) in [6.07, 6.45) is 0. The van der Waals surface area contributed by atoms with E-state index in [9.17, 15) is 14.7 Å². The monoisotopic (exact) mass is 343 g/mol. The van der Waals surface area contributed by atoms with Gasteiger partial charge in [-0.2, -0.15) is 0 Å². The van der Waals surface area contributed by atoms with Gasteiger partial charge in [-0.3, -0.25) is 14.5 Å². The first-order valence-electron chi connectivity index (χ1n) is 8.73. The Hall–Kier alpha value is -2.18. The van der Waals surface area contributed by atoms with Crippen LogP contribution in [0.3, 0.4) is 0 Å². The van der Waals surface area contributed by atoms with Gasteiger partial charge in [0.05, 0.1) is 11.6 Å². The van der Waals surface area contributed by atoms with Gasteiger partial charge in [0.2, 0.25) is 0 Å². The minimum absolute atomic E-state index is 0.203. The Kier molecular flexibility index (Phi) is 5.20. The molecule has 1 atom stereocenters. The molecular weight excluding hydrogens is 318 g/mol. The molecule has 6 nitrogen and oxygen atoms in total. The number of aliphatic hydroxyl groups excluding tert-OH is 1.